The van der Waals surface area contributed by atoms with E-state index in [1.54, 1.807) is 6.33 Å². The van der Waals surface area contributed by atoms with Crippen LogP contribution in [0.4, 0.5) is 11.6 Å². The van der Waals surface area contributed by atoms with Gasteiger partial charge in [-0.3, -0.25) is 4.79 Å². The standard InChI is InChI=1S/C15H25N5O/c1-3-7-16-14-12(2)15(19-11-18-14)17-8-6-13(21)20-9-4-5-10-20/h11H,3-10H2,1-2H3,(H2,16,17,18,19). The number of nitrogens with one attached hydrogen (secondary N) is 2. The van der Waals surface area contributed by atoms with Crippen molar-refractivity contribution in [2.45, 2.75) is 39.5 Å². The lowest BCUT2D eigenvalue weighted by molar-refractivity contribution is -0.129. The molecule has 1 aromatic heterocycles. The summed E-state index contributed by atoms with van der Waals surface area (Å²) in [4.78, 5) is 22.4. The fraction of sp³-hybridized carbons (Fsp3) is 0.667. The number of amides is 1. The van der Waals surface area contributed by atoms with E-state index in [1.165, 1.54) is 0 Å². The highest BCUT2D eigenvalue weighted by Gasteiger charge is 2.17. The zero-order chi connectivity index (χ0) is 15.1. The molecule has 0 aromatic carbocycles. The van der Waals surface area contributed by atoms with Gasteiger partial charge in [0.2, 0.25) is 5.91 Å². The normalized spacial score (nSPS) is 14.3. The fourth-order valence-electron chi connectivity index (χ4n) is 2.46. The van der Waals surface area contributed by atoms with Gasteiger partial charge in [-0.25, -0.2) is 9.97 Å². The predicted molar refractivity (Wildman–Crippen MR) is 84.5 cm³/mol. The third-order valence-corrected chi connectivity index (χ3v) is 3.72. The largest absolute Gasteiger partial charge is 0.370 e. The lowest BCUT2D eigenvalue weighted by Crippen LogP contribution is -2.29. The molecule has 0 radical (unpaired) electrons. The number of carbonyl (C=O) groups excluding carboxylic acids is 1. The van der Waals surface area contributed by atoms with Crippen LogP contribution in [0, 0.1) is 6.92 Å². The Hall–Kier alpha value is -1.85. The Morgan fingerprint density at radius 1 is 1.19 bits per heavy atom. The van der Waals surface area contributed by atoms with Crippen LogP contribution in [-0.2, 0) is 4.79 Å². The number of hydrogen-bond acceptors (Lipinski definition) is 5. The van der Waals surface area contributed by atoms with Gasteiger partial charge in [-0.2, -0.15) is 0 Å². The minimum atomic E-state index is 0.232. The van der Waals surface area contributed by atoms with Gasteiger partial charge in [0, 0.05) is 38.2 Å². The van der Waals surface area contributed by atoms with Crippen molar-refractivity contribution < 1.29 is 4.79 Å². The molecule has 0 aliphatic carbocycles. The van der Waals surface area contributed by atoms with Crippen LogP contribution >= 0.6 is 0 Å². The van der Waals surface area contributed by atoms with E-state index < -0.39 is 0 Å². The Kier molecular flexibility index (Phi) is 5.78. The molecule has 6 nitrogen and oxygen atoms in total. The summed E-state index contributed by atoms with van der Waals surface area (Å²) in [6, 6.07) is 0. The molecule has 0 spiro atoms. The SMILES string of the molecule is CCCNc1ncnc(NCCC(=O)N2CCCC2)c1C. The Balaban J connectivity index is 1.83. The van der Waals surface area contributed by atoms with E-state index in [2.05, 4.69) is 27.5 Å². The Morgan fingerprint density at radius 3 is 2.43 bits per heavy atom. The second-order valence-corrected chi connectivity index (χ2v) is 5.39. The van der Waals surface area contributed by atoms with E-state index in [-0.39, 0.29) is 5.91 Å². The molecular formula is C15H25N5O. The molecule has 0 bridgehead atoms. The molecular weight excluding hydrogens is 266 g/mol. The minimum absolute atomic E-state index is 0.232. The summed E-state index contributed by atoms with van der Waals surface area (Å²) in [6.07, 6.45) is 5.39. The van der Waals surface area contributed by atoms with Gasteiger partial charge in [0.05, 0.1) is 0 Å². The zero-order valence-electron chi connectivity index (χ0n) is 13.0. The summed E-state index contributed by atoms with van der Waals surface area (Å²) in [5.41, 5.74) is 1.000. The Morgan fingerprint density at radius 2 is 1.81 bits per heavy atom. The van der Waals surface area contributed by atoms with Crippen LogP contribution in [-0.4, -0.2) is 47.0 Å². The lowest BCUT2D eigenvalue weighted by Gasteiger charge is -2.16. The van der Waals surface area contributed by atoms with E-state index in [9.17, 15) is 4.79 Å². The van der Waals surface area contributed by atoms with Gasteiger partial charge in [0.1, 0.15) is 18.0 Å². The first-order valence-electron chi connectivity index (χ1n) is 7.79. The molecule has 2 rings (SSSR count). The minimum Gasteiger partial charge on any atom is -0.370 e. The van der Waals surface area contributed by atoms with Gasteiger partial charge in [0.25, 0.3) is 0 Å². The van der Waals surface area contributed by atoms with Crippen LogP contribution in [0.15, 0.2) is 6.33 Å². The van der Waals surface area contributed by atoms with Crippen LogP contribution in [0.2, 0.25) is 0 Å². The predicted octanol–water partition coefficient (Wildman–Crippen LogP) is 2.03. The van der Waals surface area contributed by atoms with Crippen LogP contribution in [0.5, 0.6) is 0 Å². The number of aromatic nitrogens is 2. The first-order valence-corrected chi connectivity index (χ1v) is 7.79. The summed E-state index contributed by atoms with van der Waals surface area (Å²) in [5, 5.41) is 6.53. The lowest BCUT2D eigenvalue weighted by atomic mass is 10.3. The molecule has 21 heavy (non-hydrogen) atoms. The molecule has 0 saturated carbocycles. The highest BCUT2D eigenvalue weighted by molar-refractivity contribution is 5.77. The van der Waals surface area contributed by atoms with Crippen molar-refractivity contribution in [3.05, 3.63) is 11.9 Å². The molecule has 1 aliphatic rings. The molecule has 0 atom stereocenters. The van der Waals surface area contributed by atoms with Crippen molar-refractivity contribution in [2.75, 3.05) is 36.8 Å². The topological polar surface area (TPSA) is 70.1 Å². The molecule has 1 aromatic rings. The van der Waals surface area contributed by atoms with E-state index in [1.807, 2.05) is 11.8 Å². The average molecular weight is 291 g/mol. The second-order valence-electron chi connectivity index (χ2n) is 5.39. The van der Waals surface area contributed by atoms with E-state index >= 15 is 0 Å². The molecule has 1 saturated heterocycles. The molecule has 1 fully saturated rings. The molecule has 6 heteroatoms. The quantitative estimate of drug-likeness (QED) is 0.804. The van der Waals surface area contributed by atoms with Crippen LogP contribution in [0.25, 0.3) is 0 Å². The van der Waals surface area contributed by atoms with Gasteiger partial charge < -0.3 is 15.5 Å². The number of rotatable bonds is 7. The monoisotopic (exact) mass is 291 g/mol. The van der Waals surface area contributed by atoms with E-state index in [4.69, 9.17) is 0 Å². The Labute approximate surface area is 126 Å². The maximum Gasteiger partial charge on any atom is 0.224 e. The second kappa shape index (κ2) is 7.81. The molecule has 2 heterocycles. The number of hydrogen-bond donors (Lipinski definition) is 2. The summed E-state index contributed by atoms with van der Waals surface area (Å²) >= 11 is 0. The smallest absolute Gasteiger partial charge is 0.224 e. The van der Waals surface area contributed by atoms with Crippen molar-refractivity contribution in [1.29, 1.82) is 0 Å². The maximum absolute atomic E-state index is 12.0. The number of anilines is 2. The molecule has 0 unspecified atom stereocenters. The molecule has 2 N–H and O–H groups in total. The van der Waals surface area contributed by atoms with Crippen LogP contribution in [0.1, 0.15) is 38.2 Å². The Bertz CT molecular complexity index is 471. The van der Waals surface area contributed by atoms with Gasteiger partial charge >= 0.3 is 0 Å². The maximum atomic E-state index is 12.0. The summed E-state index contributed by atoms with van der Waals surface area (Å²) in [6.45, 7) is 7.44. The first kappa shape index (κ1) is 15.5. The third kappa shape index (κ3) is 4.31. The van der Waals surface area contributed by atoms with Crippen LogP contribution < -0.4 is 10.6 Å². The highest BCUT2D eigenvalue weighted by atomic mass is 16.2. The van der Waals surface area contributed by atoms with Crippen molar-refractivity contribution in [3.8, 4) is 0 Å². The highest BCUT2D eigenvalue weighted by Crippen LogP contribution is 2.18. The van der Waals surface area contributed by atoms with Crippen molar-refractivity contribution in [3.63, 3.8) is 0 Å². The van der Waals surface area contributed by atoms with Crippen molar-refractivity contribution in [2.24, 2.45) is 0 Å². The molecule has 116 valence electrons. The molecule has 1 amide bonds. The first-order chi connectivity index (χ1) is 10.2. The van der Waals surface area contributed by atoms with Crippen molar-refractivity contribution in [1.82, 2.24) is 14.9 Å². The number of nitrogens with zero attached hydrogens (tertiary/aromatic N) is 3. The summed E-state index contributed by atoms with van der Waals surface area (Å²) in [5.74, 6) is 1.90. The molecule has 1 aliphatic heterocycles. The van der Waals surface area contributed by atoms with E-state index in [0.717, 1.165) is 56.1 Å². The van der Waals surface area contributed by atoms with Gasteiger partial charge in [-0.1, -0.05) is 6.92 Å². The summed E-state index contributed by atoms with van der Waals surface area (Å²) in [7, 11) is 0. The van der Waals surface area contributed by atoms with Gasteiger partial charge in [0.15, 0.2) is 0 Å². The van der Waals surface area contributed by atoms with Gasteiger partial charge in [-0.15, -0.1) is 0 Å². The summed E-state index contributed by atoms with van der Waals surface area (Å²) < 4.78 is 0. The number of carbonyl (C=O) groups is 1. The third-order valence-electron chi connectivity index (χ3n) is 3.72. The number of likely N-dealkylation sites (tertiary alicyclic amines) is 1. The van der Waals surface area contributed by atoms with Crippen molar-refractivity contribution >= 4 is 17.5 Å². The van der Waals surface area contributed by atoms with Crippen LogP contribution in [0.3, 0.4) is 0 Å². The van der Waals surface area contributed by atoms with Gasteiger partial charge in [-0.05, 0) is 26.2 Å². The fourth-order valence-corrected chi connectivity index (χ4v) is 2.46. The zero-order valence-corrected chi connectivity index (χ0v) is 13.0. The average Bonchev–Trinajstić information content (AvgIpc) is 3.02. The van der Waals surface area contributed by atoms with E-state index in [0.29, 0.717) is 13.0 Å².